The van der Waals surface area contributed by atoms with Crippen molar-refractivity contribution in [3.63, 3.8) is 0 Å². The van der Waals surface area contributed by atoms with Crippen LogP contribution in [0.4, 0.5) is 5.69 Å². The number of sulfonamides is 1. The van der Waals surface area contributed by atoms with Gasteiger partial charge in [-0.1, -0.05) is 17.7 Å². The molecule has 2 rings (SSSR count). The molecule has 1 heterocycles. The monoisotopic (exact) mass is 353 g/mol. The van der Waals surface area contributed by atoms with Crippen molar-refractivity contribution in [2.45, 2.75) is 6.54 Å². The number of carbonyl (C=O) groups is 1. The normalized spacial score (nSPS) is 11.1. The highest BCUT2D eigenvalue weighted by Crippen LogP contribution is 2.24. The molecule has 122 valence electrons. The minimum absolute atomic E-state index is 0.204. The molecule has 0 unspecified atom stereocenters. The molecule has 1 amide bonds. The van der Waals surface area contributed by atoms with Crippen LogP contribution < -0.4 is 9.62 Å². The largest absolute Gasteiger partial charge is 0.346 e. The zero-order chi connectivity index (χ0) is 17.0. The molecule has 1 aromatic heterocycles. The van der Waals surface area contributed by atoms with Crippen molar-refractivity contribution in [1.29, 1.82) is 0 Å². The second-order valence-corrected chi connectivity index (χ2v) is 7.32. The quantitative estimate of drug-likeness (QED) is 0.892. The number of nitrogens with one attached hydrogen (secondary N) is 1. The molecular formula is C15H16ClN3O3S. The van der Waals surface area contributed by atoms with E-state index in [2.05, 4.69) is 10.3 Å². The number of pyridine rings is 1. The fourth-order valence-electron chi connectivity index (χ4n) is 1.84. The Hall–Kier alpha value is -2.12. The lowest BCUT2D eigenvalue weighted by atomic mass is 10.2. The van der Waals surface area contributed by atoms with Crippen LogP contribution in [-0.4, -0.2) is 32.6 Å². The van der Waals surface area contributed by atoms with E-state index in [1.54, 1.807) is 24.4 Å². The predicted molar refractivity (Wildman–Crippen MR) is 90.1 cm³/mol. The van der Waals surface area contributed by atoms with Gasteiger partial charge in [-0.2, -0.15) is 0 Å². The number of hydrogen-bond donors (Lipinski definition) is 1. The molecule has 0 bridgehead atoms. The first-order valence-corrected chi connectivity index (χ1v) is 8.93. The second-order valence-electron chi connectivity index (χ2n) is 4.90. The number of carbonyl (C=O) groups excluding carboxylic acids is 1. The van der Waals surface area contributed by atoms with E-state index >= 15 is 0 Å². The van der Waals surface area contributed by atoms with Crippen LogP contribution in [0, 0.1) is 0 Å². The molecular weight excluding hydrogens is 338 g/mol. The fraction of sp³-hybridized carbons (Fsp3) is 0.200. The van der Waals surface area contributed by atoms with Gasteiger partial charge in [0.25, 0.3) is 5.91 Å². The Labute approximate surface area is 140 Å². The summed E-state index contributed by atoms with van der Waals surface area (Å²) in [5.41, 5.74) is 1.27. The zero-order valence-corrected chi connectivity index (χ0v) is 14.2. The Morgan fingerprint density at radius 3 is 2.65 bits per heavy atom. The van der Waals surface area contributed by atoms with Crippen molar-refractivity contribution in [3.8, 4) is 0 Å². The van der Waals surface area contributed by atoms with E-state index in [1.165, 1.54) is 19.2 Å². The van der Waals surface area contributed by atoms with Crippen LogP contribution in [-0.2, 0) is 16.6 Å². The number of benzene rings is 1. The molecule has 0 radical (unpaired) electrons. The van der Waals surface area contributed by atoms with Crippen molar-refractivity contribution < 1.29 is 13.2 Å². The topological polar surface area (TPSA) is 79.4 Å². The third kappa shape index (κ3) is 4.43. The lowest BCUT2D eigenvalue weighted by Crippen LogP contribution is -2.26. The lowest BCUT2D eigenvalue weighted by Gasteiger charge is -2.18. The van der Waals surface area contributed by atoms with E-state index in [0.29, 0.717) is 11.4 Å². The smallest absolute Gasteiger partial charge is 0.253 e. The van der Waals surface area contributed by atoms with E-state index in [1.807, 2.05) is 6.07 Å². The zero-order valence-electron chi connectivity index (χ0n) is 12.7. The summed E-state index contributed by atoms with van der Waals surface area (Å²) >= 11 is 6.05. The molecule has 23 heavy (non-hydrogen) atoms. The van der Waals surface area contributed by atoms with Crippen molar-refractivity contribution >= 4 is 33.2 Å². The van der Waals surface area contributed by atoms with Crippen molar-refractivity contribution in [1.82, 2.24) is 10.3 Å². The molecule has 0 aliphatic carbocycles. The molecule has 0 spiro atoms. The first kappa shape index (κ1) is 17.2. The number of aromatic nitrogens is 1. The van der Waals surface area contributed by atoms with Crippen molar-refractivity contribution in [3.05, 3.63) is 58.9 Å². The molecule has 2 aromatic rings. The number of nitrogens with zero attached hydrogens (tertiary/aromatic N) is 2. The molecule has 1 aromatic carbocycles. The highest BCUT2D eigenvalue weighted by atomic mass is 35.5. The van der Waals surface area contributed by atoms with Crippen LogP contribution >= 0.6 is 11.6 Å². The standard InChI is InChI=1S/C15H16ClN3O3S/c1-19(23(2,21)22)12-6-7-14(16)13(9-12)15(20)18-10-11-5-3-4-8-17-11/h3-9H,10H2,1-2H3,(H,18,20). The predicted octanol–water partition coefficient (Wildman–Crippen LogP) is 2.06. The summed E-state index contributed by atoms with van der Waals surface area (Å²) in [7, 11) is -2.01. The average Bonchev–Trinajstić information content (AvgIpc) is 2.52. The Bertz CT molecular complexity index is 810. The van der Waals surface area contributed by atoms with Crippen LogP contribution in [0.2, 0.25) is 5.02 Å². The highest BCUT2D eigenvalue weighted by molar-refractivity contribution is 7.92. The van der Waals surface area contributed by atoms with Crippen molar-refractivity contribution in [2.24, 2.45) is 0 Å². The molecule has 0 atom stereocenters. The minimum Gasteiger partial charge on any atom is -0.346 e. The summed E-state index contributed by atoms with van der Waals surface area (Å²) in [6.45, 7) is 0.252. The first-order valence-electron chi connectivity index (χ1n) is 6.70. The Balaban J connectivity index is 2.20. The Kier molecular flexibility index (Phi) is 5.23. The van der Waals surface area contributed by atoms with Crippen molar-refractivity contribution in [2.75, 3.05) is 17.6 Å². The van der Waals surface area contributed by atoms with Gasteiger partial charge in [0, 0.05) is 13.2 Å². The maximum atomic E-state index is 12.3. The number of anilines is 1. The van der Waals surface area contributed by atoms with Gasteiger partial charge in [-0.3, -0.25) is 14.1 Å². The van der Waals surface area contributed by atoms with Gasteiger partial charge in [0.1, 0.15) is 0 Å². The molecule has 6 nitrogen and oxygen atoms in total. The molecule has 0 saturated heterocycles. The van der Waals surface area contributed by atoms with Crippen LogP contribution in [0.15, 0.2) is 42.6 Å². The summed E-state index contributed by atoms with van der Waals surface area (Å²) in [4.78, 5) is 16.4. The summed E-state index contributed by atoms with van der Waals surface area (Å²) in [5.74, 6) is -0.399. The third-order valence-electron chi connectivity index (χ3n) is 3.21. The Morgan fingerprint density at radius 1 is 1.30 bits per heavy atom. The van der Waals surface area contributed by atoms with Gasteiger partial charge in [0.05, 0.1) is 34.8 Å². The van der Waals surface area contributed by atoms with Crippen LogP contribution in [0.1, 0.15) is 16.1 Å². The summed E-state index contributed by atoms with van der Waals surface area (Å²) in [6, 6.07) is 9.87. The summed E-state index contributed by atoms with van der Waals surface area (Å²) in [6.07, 6.45) is 2.72. The molecule has 1 N–H and O–H groups in total. The maximum absolute atomic E-state index is 12.3. The SMILES string of the molecule is CN(c1ccc(Cl)c(C(=O)NCc2ccccn2)c1)S(C)(=O)=O. The Morgan fingerprint density at radius 2 is 2.04 bits per heavy atom. The van der Waals surface area contributed by atoms with E-state index in [-0.39, 0.29) is 17.1 Å². The van der Waals surface area contributed by atoms with E-state index in [4.69, 9.17) is 11.6 Å². The summed E-state index contributed by atoms with van der Waals surface area (Å²) in [5, 5.41) is 2.95. The minimum atomic E-state index is -3.42. The second kappa shape index (κ2) is 6.97. The third-order valence-corrected chi connectivity index (χ3v) is 4.75. The number of rotatable bonds is 5. The number of amides is 1. The van der Waals surface area contributed by atoms with Crippen LogP contribution in [0.5, 0.6) is 0 Å². The molecule has 0 aliphatic heterocycles. The first-order chi connectivity index (χ1) is 10.8. The van der Waals surface area contributed by atoms with E-state index < -0.39 is 15.9 Å². The molecule has 0 aliphatic rings. The molecule has 0 fully saturated rings. The van der Waals surface area contributed by atoms with Gasteiger partial charge in [-0.15, -0.1) is 0 Å². The average molecular weight is 354 g/mol. The van der Waals surface area contributed by atoms with Gasteiger partial charge in [-0.25, -0.2) is 8.42 Å². The van der Waals surface area contributed by atoms with Crippen LogP contribution in [0.25, 0.3) is 0 Å². The molecule has 8 heteroatoms. The number of hydrogen-bond acceptors (Lipinski definition) is 4. The van der Waals surface area contributed by atoms with Gasteiger partial charge in [0.15, 0.2) is 0 Å². The maximum Gasteiger partial charge on any atom is 0.253 e. The van der Waals surface area contributed by atoms with E-state index in [9.17, 15) is 13.2 Å². The van der Waals surface area contributed by atoms with Gasteiger partial charge in [0.2, 0.25) is 10.0 Å². The summed E-state index contributed by atoms with van der Waals surface area (Å²) < 4.78 is 24.3. The van der Waals surface area contributed by atoms with Crippen LogP contribution in [0.3, 0.4) is 0 Å². The van der Waals surface area contributed by atoms with Gasteiger partial charge in [-0.05, 0) is 30.3 Å². The van der Waals surface area contributed by atoms with Gasteiger partial charge < -0.3 is 5.32 Å². The van der Waals surface area contributed by atoms with E-state index in [0.717, 1.165) is 10.6 Å². The molecule has 0 saturated carbocycles. The highest BCUT2D eigenvalue weighted by Gasteiger charge is 2.16. The lowest BCUT2D eigenvalue weighted by molar-refractivity contribution is 0.0950. The number of halogens is 1. The van der Waals surface area contributed by atoms with Gasteiger partial charge >= 0.3 is 0 Å². The fourth-order valence-corrected chi connectivity index (χ4v) is 2.54.